The van der Waals surface area contributed by atoms with Gasteiger partial charge in [-0.15, -0.1) is 0 Å². The Balaban J connectivity index is 1.64. The lowest BCUT2D eigenvalue weighted by molar-refractivity contribution is -0.915. The van der Waals surface area contributed by atoms with Gasteiger partial charge in [-0.3, -0.25) is 14.5 Å². The Morgan fingerprint density at radius 2 is 1.82 bits per heavy atom. The summed E-state index contributed by atoms with van der Waals surface area (Å²) in [6.45, 7) is 3.32. The standard InChI is InChI=1S/C15H17Cl2N3O2/c1-18-14(21)9-13(15(18)22)20-6-4-19(5-7-20)10-2-3-11(16)12(17)8-10/h2-3,8,13H,4-7,9H2,1H3/p+1/t13-/m0/s1. The van der Waals surface area contributed by atoms with Gasteiger partial charge < -0.3 is 9.80 Å². The second kappa shape index (κ2) is 6.07. The van der Waals surface area contributed by atoms with Gasteiger partial charge in [-0.25, -0.2) is 0 Å². The predicted octanol–water partition coefficient (Wildman–Crippen LogP) is 0.456. The number of halogens is 2. The maximum Gasteiger partial charge on any atom is 0.287 e. The zero-order chi connectivity index (χ0) is 15.9. The van der Waals surface area contributed by atoms with Crippen LogP contribution < -0.4 is 9.80 Å². The van der Waals surface area contributed by atoms with Crippen LogP contribution in [-0.4, -0.2) is 56.0 Å². The van der Waals surface area contributed by atoms with Crippen LogP contribution in [0.5, 0.6) is 0 Å². The fourth-order valence-electron chi connectivity index (χ4n) is 3.16. The first-order valence-electron chi connectivity index (χ1n) is 7.32. The van der Waals surface area contributed by atoms with E-state index in [0.717, 1.165) is 31.9 Å². The van der Waals surface area contributed by atoms with E-state index in [1.165, 1.54) is 9.80 Å². The summed E-state index contributed by atoms with van der Waals surface area (Å²) in [4.78, 5) is 28.4. The molecule has 2 aliphatic heterocycles. The molecule has 1 N–H and O–H groups in total. The zero-order valence-electron chi connectivity index (χ0n) is 12.3. The van der Waals surface area contributed by atoms with Gasteiger partial charge in [0, 0.05) is 12.7 Å². The molecule has 22 heavy (non-hydrogen) atoms. The van der Waals surface area contributed by atoms with Crippen molar-refractivity contribution >= 4 is 40.7 Å². The molecule has 0 unspecified atom stereocenters. The Bertz CT molecular complexity index is 615. The number of rotatable bonds is 2. The van der Waals surface area contributed by atoms with Gasteiger partial charge in [0.15, 0.2) is 6.04 Å². The molecule has 0 spiro atoms. The number of hydrogen-bond donors (Lipinski definition) is 1. The van der Waals surface area contributed by atoms with E-state index in [0.29, 0.717) is 16.5 Å². The summed E-state index contributed by atoms with van der Waals surface area (Å²) < 4.78 is 0. The Morgan fingerprint density at radius 3 is 2.36 bits per heavy atom. The lowest BCUT2D eigenvalue weighted by atomic mass is 10.1. The van der Waals surface area contributed by atoms with Crippen LogP contribution in [0, 0.1) is 0 Å². The van der Waals surface area contributed by atoms with E-state index in [2.05, 4.69) is 4.90 Å². The van der Waals surface area contributed by atoms with E-state index < -0.39 is 0 Å². The average Bonchev–Trinajstić information content (AvgIpc) is 2.78. The van der Waals surface area contributed by atoms with Crippen molar-refractivity contribution in [3.8, 4) is 0 Å². The second-order valence-corrected chi connectivity index (χ2v) is 6.61. The van der Waals surface area contributed by atoms with E-state index in [4.69, 9.17) is 23.2 Å². The summed E-state index contributed by atoms with van der Waals surface area (Å²) in [5, 5.41) is 1.10. The molecule has 0 saturated carbocycles. The van der Waals surface area contributed by atoms with Crippen molar-refractivity contribution in [2.45, 2.75) is 12.5 Å². The monoisotopic (exact) mass is 342 g/mol. The Morgan fingerprint density at radius 1 is 1.14 bits per heavy atom. The molecule has 0 bridgehead atoms. The average molecular weight is 343 g/mol. The van der Waals surface area contributed by atoms with E-state index in [1.54, 1.807) is 13.1 Å². The maximum atomic E-state index is 12.1. The summed E-state index contributed by atoms with van der Waals surface area (Å²) in [5.41, 5.74) is 1.04. The van der Waals surface area contributed by atoms with E-state index in [-0.39, 0.29) is 17.9 Å². The number of quaternary nitrogens is 1. The number of amides is 2. The summed E-state index contributed by atoms with van der Waals surface area (Å²) in [7, 11) is 1.57. The fraction of sp³-hybridized carbons (Fsp3) is 0.467. The van der Waals surface area contributed by atoms with Crippen LogP contribution in [0.15, 0.2) is 18.2 Å². The Kier molecular flexibility index (Phi) is 4.30. The number of hydrogen-bond acceptors (Lipinski definition) is 3. The topological polar surface area (TPSA) is 45.1 Å². The van der Waals surface area contributed by atoms with Crippen molar-refractivity contribution in [2.75, 3.05) is 38.1 Å². The third-order valence-electron chi connectivity index (χ3n) is 4.55. The third-order valence-corrected chi connectivity index (χ3v) is 5.29. The van der Waals surface area contributed by atoms with Crippen LogP contribution in [0.2, 0.25) is 10.0 Å². The van der Waals surface area contributed by atoms with Gasteiger partial charge in [0.05, 0.1) is 42.6 Å². The highest BCUT2D eigenvalue weighted by molar-refractivity contribution is 6.42. The molecule has 5 nitrogen and oxygen atoms in total. The van der Waals surface area contributed by atoms with Crippen LogP contribution in [0.1, 0.15) is 6.42 Å². The molecule has 2 fully saturated rings. The highest BCUT2D eigenvalue weighted by Crippen LogP contribution is 2.27. The molecule has 2 aliphatic rings. The van der Waals surface area contributed by atoms with Crippen LogP contribution in [0.25, 0.3) is 0 Å². The molecule has 0 aromatic heterocycles. The van der Waals surface area contributed by atoms with Crippen molar-refractivity contribution in [3.63, 3.8) is 0 Å². The number of carbonyl (C=O) groups is 2. The number of imide groups is 1. The normalized spacial score (nSPS) is 23.5. The molecule has 1 atom stereocenters. The quantitative estimate of drug-likeness (QED) is 0.794. The highest BCUT2D eigenvalue weighted by Gasteiger charge is 2.43. The van der Waals surface area contributed by atoms with Crippen LogP contribution in [-0.2, 0) is 9.59 Å². The molecule has 3 rings (SSSR count). The Labute approximate surface area is 139 Å². The number of nitrogens with one attached hydrogen (secondary N) is 1. The molecule has 0 aliphatic carbocycles. The number of piperazine rings is 1. The predicted molar refractivity (Wildman–Crippen MR) is 85.6 cm³/mol. The molecular formula is C15H18Cl2N3O2+. The van der Waals surface area contributed by atoms with Crippen LogP contribution >= 0.6 is 23.2 Å². The minimum atomic E-state index is -0.214. The molecular weight excluding hydrogens is 325 g/mol. The SMILES string of the molecule is CN1C(=O)C[C@H]([NH+]2CCN(c3ccc(Cl)c(Cl)c3)CC2)C1=O. The fourth-order valence-corrected chi connectivity index (χ4v) is 3.45. The minimum absolute atomic E-state index is 0.0528. The molecule has 0 radical (unpaired) electrons. The summed E-state index contributed by atoms with van der Waals surface area (Å²) >= 11 is 12.0. The number of nitrogens with zero attached hydrogens (tertiary/aromatic N) is 2. The van der Waals surface area contributed by atoms with Crippen LogP contribution in [0.4, 0.5) is 5.69 Å². The number of likely N-dealkylation sites (N-methyl/N-ethyl adjacent to an activating group) is 1. The summed E-state index contributed by atoms with van der Waals surface area (Å²) in [6.07, 6.45) is 0.331. The van der Waals surface area contributed by atoms with Gasteiger partial charge in [-0.1, -0.05) is 23.2 Å². The first-order valence-corrected chi connectivity index (χ1v) is 8.08. The summed E-state index contributed by atoms with van der Waals surface area (Å²) in [5.74, 6) is -0.127. The highest BCUT2D eigenvalue weighted by atomic mass is 35.5. The molecule has 118 valence electrons. The number of benzene rings is 1. The molecule has 7 heteroatoms. The number of anilines is 1. The van der Waals surface area contributed by atoms with Gasteiger partial charge in [0.25, 0.3) is 5.91 Å². The first kappa shape index (κ1) is 15.6. The van der Waals surface area contributed by atoms with Crippen molar-refractivity contribution in [3.05, 3.63) is 28.2 Å². The van der Waals surface area contributed by atoms with E-state index in [9.17, 15) is 9.59 Å². The largest absolute Gasteiger partial charge is 0.360 e. The third kappa shape index (κ3) is 2.81. The first-order chi connectivity index (χ1) is 10.5. The number of likely N-dealkylation sites (tertiary alicyclic amines) is 1. The van der Waals surface area contributed by atoms with Crippen molar-refractivity contribution in [2.24, 2.45) is 0 Å². The molecule has 2 heterocycles. The maximum absolute atomic E-state index is 12.1. The summed E-state index contributed by atoms with van der Waals surface area (Å²) in [6, 6.07) is 5.41. The second-order valence-electron chi connectivity index (χ2n) is 5.79. The lowest BCUT2D eigenvalue weighted by Gasteiger charge is -2.35. The van der Waals surface area contributed by atoms with Crippen LogP contribution in [0.3, 0.4) is 0 Å². The molecule has 2 amide bonds. The molecule has 1 aromatic rings. The van der Waals surface area contributed by atoms with Gasteiger partial charge in [0.1, 0.15) is 0 Å². The van der Waals surface area contributed by atoms with Gasteiger partial charge in [-0.2, -0.15) is 0 Å². The smallest absolute Gasteiger partial charge is 0.287 e. The molecule has 2 saturated heterocycles. The van der Waals surface area contributed by atoms with Gasteiger partial charge in [-0.05, 0) is 18.2 Å². The van der Waals surface area contributed by atoms with Crippen molar-refractivity contribution in [1.82, 2.24) is 4.90 Å². The Hall–Kier alpha value is -1.30. The van der Waals surface area contributed by atoms with Crippen molar-refractivity contribution < 1.29 is 14.5 Å². The number of carbonyl (C=O) groups excluding carboxylic acids is 2. The van der Waals surface area contributed by atoms with Gasteiger partial charge in [0.2, 0.25) is 5.91 Å². The van der Waals surface area contributed by atoms with Gasteiger partial charge >= 0.3 is 0 Å². The lowest BCUT2D eigenvalue weighted by Crippen LogP contribution is -3.19. The van der Waals surface area contributed by atoms with E-state index >= 15 is 0 Å². The minimum Gasteiger partial charge on any atom is -0.360 e. The zero-order valence-corrected chi connectivity index (χ0v) is 13.8. The van der Waals surface area contributed by atoms with E-state index in [1.807, 2.05) is 12.1 Å². The van der Waals surface area contributed by atoms with Crippen molar-refractivity contribution in [1.29, 1.82) is 0 Å². The molecule has 1 aromatic carbocycles.